The van der Waals surface area contributed by atoms with Crippen molar-refractivity contribution in [1.82, 2.24) is 15.3 Å². The van der Waals surface area contributed by atoms with E-state index in [2.05, 4.69) is 25.5 Å². The number of nitrogens with one attached hydrogen (secondary N) is 2. The molecule has 1 amide bonds. The topological polar surface area (TPSA) is 70.2 Å². The third-order valence-electron chi connectivity index (χ3n) is 3.77. The number of carbonyl (C=O) groups excluding carboxylic acids is 1. The highest BCUT2D eigenvalue weighted by molar-refractivity contribution is 7.12. The molecule has 2 aromatic heterocycles. The van der Waals surface area contributed by atoms with Gasteiger partial charge < -0.3 is 15.5 Å². The lowest BCUT2D eigenvalue weighted by molar-refractivity contribution is 0.0957. The molecule has 0 radical (unpaired) electrons. The zero-order valence-electron chi connectivity index (χ0n) is 13.0. The third kappa shape index (κ3) is 4.41. The fraction of sp³-hybridized carbons (Fsp3) is 0.438. The van der Waals surface area contributed by atoms with E-state index in [1.165, 1.54) is 24.2 Å². The second-order valence-corrected chi connectivity index (χ2v) is 6.42. The fourth-order valence-corrected chi connectivity index (χ4v) is 3.20. The van der Waals surface area contributed by atoms with Gasteiger partial charge in [-0.15, -0.1) is 11.3 Å². The van der Waals surface area contributed by atoms with Crippen LogP contribution in [0.3, 0.4) is 0 Å². The van der Waals surface area contributed by atoms with Crippen LogP contribution in [0.25, 0.3) is 0 Å². The van der Waals surface area contributed by atoms with Crippen molar-refractivity contribution in [3.8, 4) is 0 Å². The van der Waals surface area contributed by atoms with E-state index in [1.54, 1.807) is 6.33 Å². The van der Waals surface area contributed by atoms with Crippen molar-refractivity contribution < 1.29 is 4.79 Å². The summed E-state index contributed by atoms with van der Waals surface area (Å²) in [5.41, 5.74) is 0. The van der Waals surface area contributed by atoms with Gasteiger partial charge in [-0.05, 0) is 30.7 Å². The Kier molecular flexibility index (Phi) is 5.42. The Bertz CT molecular complexity index is 625. The van der Waals surface area contributed by atoms with Crippen LogP contribution in [0.5, 0.6) is 0 Å². The van der Waals surface area contributed by atoms with Crippen LogP contribution in [0.4, 0.5) is 11.6 Å². The summed E-state index contributed by atoms with van der Waals surface area (Å²) in [4.78, 5) is 23.4. The molecular weight excluding hydrogens is 310 g/mol. The summed E-state index contributed by atoms with van der Waals surface area (Å²) in [7, 11) is 0. The van der Waals surface area contributed by atoms with Gasteiger partial charge in [0.1, 0.15) is 18.0 Å². The van der Waals surface area contributed by atoms with E-state index in [0.29, 0.717) is 6.54 Å². The van der Waals surface area contributed by atoms with Gasteiger partial charge in [-0.25, -0.2) is 9.97 Å². The maximum absolute atomic E-state index is 11.8. The molecule has 0 saturated carbocycles. The molecule has 3 rings (SSSR count). The molecule has 1 fully saturated rings. The molecule has 0 unspecified atom stereocenters. The normalized spacial score (nSPS) is 14.0. The molecule has 3 heterocycles. The van der Waals surface area contributed by atoms with Crippen molar-refractivity contribution in [2.45, 2.75) is 19.3 Å². The number of amides is 1. The van der Waals surface area contributed by atoms with Crippen LogP contribution in [-0.2, 0) is 0 Å². The van der Waals surface area contributed by atoms with Crippen LogP contribution in [0, 0.1) is 0 Å². The summed E-state index contributed by atoms with van der Waals surface area (Å²) < 4.78 is 0. The Balaban J connectivity index is 1.39. The third-order valence-corrected chi connectivity index (χ3v) is 4.64. The van der Waals surface area contributed by atoms with E-state index >= 15 is 0 Å². The summed E-state index contributed by atoms with van der Waals surface area (Å²) in [6, 6.07) is 5.71. The highest BCUT2D eigenvalue weighted by atomic mass is 32.1. The van der Waals surface area contributed by atoms with Crippen LogP contribution in [0.1, 0.15) is 28.9 Å². The molecule has 7 heteroatoms. The number of carbonyl (C=O) groups is 1. The van der Waals surface area contributed by atoms with Crippen molar-refractivity contribution >= 4 is 28.9 Å². The number of rotatable bonds is 7. The van der Waals surface area contributed by atoms with E-state index in [4.69, 9.17) is 0 Å². The zero-order chi connectivity index (χ0) is 15.9. The summed E-state index contributed by atoms with van der Waals surface area (Å²) in [6.45, 7) is 3.56. The molecule has 1 aliphatic heterocycles. The monoisotopic (exact) mass is 331 g/mol. The molecule has 1 aliphatic rings. The minimum atomic E-state index is -0.00152. The molecular formula is C16H21N5OS. The van der Waals surface area contributed by atoms with E-state index in [0.717, 1.165) is 42.6 Å². The SMILES string of the molecule is O=C(NCCCNc1cc(N2CCCC2)ncn1)c1cccs1. The molecule has 122 valence electrons. The highest BCUT2D eigenvalue weighted by Gasteiger charge is 2.13. The van der Waals surface area contributed by atoms with Crippen LogP contribution in [0.2, 0.25) is 0 Å². The Labute approximate surface area is 140 Å². The van der Waals surface area contributed by atoms with Crippen molar-refractivity contribution in [2.24, 2.45) is 0 Å². The fourth-order valence-electron chi connectivity index (χ4n) is 2.56. The molecule has 6 nitrogen and oxygen atoms in total. The Morgan fingerprint density at radius 3 is 2.91 bits per heavy atom. The van der Waals surface area contributed by atoms with Crippen molar-refractivity contribution in [3.63, 3.8) is 0 Å². The molecule has 0 bridgehead atoms. The van der Waals surface area contributed by atoms with Gasteiger partial charge in [0, 0.05) is 32.2 Å². The summed E-state index contributed by atoms with van der Waals surface area (Å²) in [5, 5.41) is 8.11. The number of aromatic nitrogens is 2. The lowest BCUT2D eigenvalue weighted by atomic mass is 10.3. The molecule has 1 saturated heterocycles. The predicted molar refractivity (Wildman–Crippen MR) is 93.2 cm³/mol. The first-order valence-corrected chi connectivity index (χ1v) is 8.83. The number of hydrogen-bond acceptors (Lipinski definition) is 6. The zero-order valence-corrected chi connectivity index (χ0v) is 13.8. The summed E-state index contributed by atoms with van der Waals surface area (Å²) in [6.07, 6.45) is 4.92. The molecule has 23 heavy (non-hydrogen) atoms. The number of hydrogen-bond donors (Lipinski definition) is 2. The second-order valence-electron chi connectivity index (χ2n) is 5.47. The molecule has 0 spiro atoms. The van der Waals surface area contributed by atoms with Gasteiger partial charge in [-0.1, -0.05) is 6.07 Å². The Morgan fingerprint density at radius 2 is 2.13 bits per heavy atom. The predicted octanol–water partition coefficient (Wildman–Crippen LogP) is 2.37. The largest absolute Gasteiger partial charge is 0.370 e. The minimum Gasteiger partial charge on any atom is -0.370 e. The molecule has 0 atom stereocenters. The maximum Gasteiger partial charge on any atom is 0.261 e. The van der Waals surface area contributed by atoms with Gasteiger partial charge in [0.2, 0.25) is 0 Å². The molecule has 2 aromatic rings. The average molecular weight is 331 g/mol. The lowest BCUT2D eigenvalue weighted by Gasteiger charge is -2.16. The van der Waals surface area contributed by atoms with Crippen molar-refractivity contribution in [1.29, 1.82) is 0 Å². The van der Waals surface area contributed by atoms with E-state index in [1.807, 2.05) is 23.6 Å². The molecule has 2 N–H and O–H groups in total. The summed E-state index contributed by atoms with van der Waals surface area (Å²) in [5.74, 6) is 1.83. The molecule has 0 aromatic carbocycles. The van der Waals surface area contributed by atoms with Crippen LogP contribution < -0.4 is 15.5 Å². The first-order chi connectivity index (χ1) is 11.3. The van der Waals surface area contributed by atoms with Gasteiger partial charge in [0.05, 0.1) is 4.88 Å². The van der Waals surface area contributed by atoms with Crippen LogP contribution in [0.15, 0.2) is 29.9 Å². The lowest BCUT2D eigenvalue weighted by Crippen LogP contribution is -2.25. The van der Waals surface area contributed by atoms with Crippen molar-refractivity contribution in [2.75, 3.05) is 36.4 Å². The first kappa shape index (κ1) is 15.7. The second kappa shape index (κ2) is 7.92. The highest BCUT2D eigenvalue weighted by Crippen LogP contribution is 2.19. The quantitative estimate of drug-likeness (QED) is 0.762. The maximum atomic E-state index is 11.8. The van der Waals surface area contributed by atoms with E-state index in [-0.39, 0.29) is 5.91 Å². The van der Waals surface area contributed by atoms with Gasteiger partial charge in [-0.3, -0.25) is 4.79 Å². The molecule has 0 aliphatic carbocycles. The van der Waals surface area contributed by atoms with Gasteiger partial charge in [0.25, 0.3) is 5.91 Å². The standard InChI is InChI=1S/C16H21N5OS/c22-16(13-5-3-10-23-13)18-7-4-6-17-14-11-15(20-12-19-14)21-8-1-2-9-21/h3,5,10-12H,1-2,4,6-9H2,(H,18,22)(H,17,19,20). The summed E-state index contributed by atoms with van der Waals surface area (Å²) >= 11 is 1.46. The first-order valence-electron chi connectivity index (χ1n) is 7.95. The van der Waals surface area contributed by atoms with Crippen molar-refractivity contribution in [3.05, 3.63) is 34.8 Å². The number of thiophene rings is 1. The minimum absolute atomic E-state index is 0.00152. The van der Waals surface area contributed by atoms with Gasteiger partial charge in [0.15, 0.2) is 0 Å². The van der Waals surface area contributed by atoms with Gasteiger partial charge in [-0.2, -0.15) is 0 Å². The van der Waals surface area contributed by atoms with Crippen LogP contribution in [-0.4, -0.2) is 42.1 Å². The van der Waals surface area contributed by atoms with E-state index < -0.39 is 0 Å². The Hall–Kier alpha value is -2.15. The van der Waals surface area contributed by atoms with Crippen LogP contribution >= 0.6 is 11.3 Å². The van der Waals surface area contributed by atoms with E-state index in [9.17, 15) is 4.79 Å². The number of nitrogens with zero attached hydrogens (tertiary/aromatic N) is 3. The Morgan fingerprint density at radius 1 is 1.26 bits per heavy atom. The smallest absolute Gasteiger partial charge is 0.261 e. The van der Waals surface area contributed by atoms with Gasteiger partial charge >= 0.3 is 0 Å². The number of anilines is 2. The average Bonchev–Trinajstić information content (AvgIpc) is 3.28.